The summed E-state index contributed by atoms with van der Waals surface area (Å²) in [4.78, 5) is 27.8. The Morgan fingerprint density at radius 1 is 0.973 bits per heavy atom. The molecule has 184 valence electrons. The van der Waals surface area contributed by atoms with Gasteiger partial charge in [0.1, 0.15) is 11.3 Å². The number of aromatic nitrogens is 1. The van der Waals surface area contributed by atoms with Gasteiger partial charge in [0.2, 0.25) is 5.89 Å². The van der Waals surface area contributed by atoms with Gasteiger partial charge < -0.3 is 14.2 Å². The predicted molar refractivity (Wildman–Crippen MR) is 143 cm³/mol. The maximum Gasteiger partial charge on any atom is 0.293 e. The number of anilines is 1. The van der Waals surface area contributed by atoms with Gasteiger partial charge in [0, 0.05) is 28.9 Å². The minimum Gasteiger partial charge on any atom is -0.451 e. The number of nitrogens with zero attached hydrogens (tertiary/aromatic N) is 2. The molecule has 0 unspecified atom stereocenters. The molecule has 3 aromatic carbocycles. The van der Waals surface area contributed by atoms with E-state index in [9.17, 15) is 14.9 Å². The van der Waals surface area contributed by atoms with Gasteiger partial charge in [-0.05, 0) is 73.6 Å². The minimum absolute atomic E-state index is 0.0119. The summed E-state index contributed by atoms with van der Waals surface area (Å²) in [5.74, 6) is 0.253. The second-order valence-corrected chi connectivity index (χ2v) is 8.81. The highest BCUT2D eigenvalue weighted by atomic mass is 32.1. The number of furan rings is 1. The molecule has 0 atom stereocenters. The van der Waals surface area contributed by atoms with Crippen LogP contribution in [0, 0.1) is 24.0 Å². The van der Waals surface area contributed by atoms with Crippen molar-refractivity contribution in [2.24, 2.45) is 0 Å². The smallest absolute Gasteiger partial charge is 0.293 e. The maximum atomic E-state index is 12.7. The molecule has 2 heterocycles. The van der Waals surface area contributed by atoms with Crippen molar-refractivity contribution in [2.75, 3.05) is 5.32 Å². The van der Waals surface area contributed by atoms with Gasteiger partial charge in [-0.3, -0.25) is 20.2 Å². The lowest BCUT2D eigenvalue weighted by Gasteiger charge is -2.12. The van der Waals surface area contributed by atoms with Crippen LogP contribution in [0.25, 0.3) is 33.9 Å². The molecule has 5 aromatic rings. The lowest BCUT2D eigenvalue weighted by molar-refractivity contribution is -0.384. The van der Waals surface area contributed by atoms with Gasteiger partial charge in [0.15, 0.2) is 16.5 Å². The van der Waals surface area contributed by atoms with E-state index in [4.69, 9.17) is 21.1 Å². The molecule has 0 aliphatic rings. The summed E-state index contributed by atoms with van der Waals surface area (Å²) in [6, 6.07) is 20.5. The largest absolute Gasteiger partial charge is 0.451 e. The van der Waals surface area contributed by atoms with Gasteiger partial charge in [-0.25, -0.2) is 4.98 Å². The fourth-order valence-electron chi connectivity index (χ4n) is 3.76. The number of hydrogen-bond donors (Lipinski definition) is 2. The molecule has 0 aliphatic carbocycles. The fourth-order valence-corrected chi connectivity index (χ4v) is 3.96. The van der Waals surface area contributed by atoms with E-state index in [-0.39, 0.29) is 16.6 Å². The summed E-state index contributed by atoms with van der Waals surface area (Å²) in [7, 11) is 0. The van der Waals surface area contributed by atoms with Gasteiger partial charge >= 0.3 is 0 Å². The number of rotatable bonds is 5. The first-order valence-electron chi connectivity index (χ1n) is 11.2. The molecule has 9 nitrogen and oxygen atoms in total. The van der Waals surface area contributed by atoms with Crippen LogP contribution < -0.4 is 10.6 Å². The van der Waals surface area contributed by atoms with Crippen LogP contribution >= 0.6 is 12.2 Å². The van der Waals surface area contributed by atoms with Crippen LogP contribution in [0.5, 0.6) is 0 Å². The zero-order valence-electron chi connectivity index (χ0n) is 19.8. The predicted octanol–water partition coefficient (Wildman–Crippen LogP) is 6.41. The number of amides is 1. The third-order valence-corrected chi connectivity index (χ3v) is 5.88. The van der Waals surface area contributed by atoms with Crippen LogP contribution in [-0.4, -0.2) is 20.9 Å². The molecule has 5 rings (SSSR count). The molecular formula is C27H20N4O5S. The normalized spacial score (nSPS) is 10.9. The third kappa shape index (κ3) is 5.09. The summed E-state index contributed by atoms with van der Waals surface area (Å²) >= 11 is 5.35. The Bertz CT molecular complexity index is 1690. The van der Waals surface area contributed by atoms with E-state index in [1.54, 1.807) is 18.2 Å². The van der Waals surface area contributed by atoms with Crippen molar-refractivity contribution in [2.45, 2.75) is 13.8 Å². The van der Waals surface area contributed by atoms with Crippen LogP contribution in [0.4, 0.5) is 11.4 Å². The summed E-state index contributed by atoms with van der Waals surface area (Å²) in [5, 5.41) is 16.7. The summed E-state index contributed by atoms with van der Waals surface area (Å²) in [5.41, 5.74) is 5.30. The number of fused-ring (bicyclic) bond motifs is 1. The number of nitrogens with one attached hydrogen (secondary N) is 2. The minimum atomic E-state index is -0.558. The number of oxazole rings is 1. The van der Waals surface area contributed by atoms with E-state index >= 15 is 0 Å². The average molecular weight is 513 g/mol. The Kier molecular flexibility index (Phi) is 6.24. The van der Waals surface area contributed by atoms with Crippen molar-refractivity contribution in [3.8, 4) is 22.8 Å². The second-order valence-electron chi connectivity index (χ2n) is 8.40. The first kappa shape index (κ1) is 23.9. The van der Waals surface area contributed by atoms with Crippen molar-refractivity contribution >= 4 is 45.7 Å². The second kappa shape index (κ2) is 9.67. The molecule has 0 bridgehead atoms. The molecule has 0 spiro atoms. The van der Waals surface area contributed by atoms with E-state index < -0.39 is 10.8 Å². The van der Waals surface area contributed by atoms with E-state index in [1.165, 1.54) is 18.2 Å². The molecule has 10 heteroatoms. The number of hydrogen-bond acceptors (Lipinski definition) is 7. The van der Waals surface area contributed by atoms with Gasteiger partial charge in [0.25, 0.3) is 11.6 Å². The Labute approximate surface area is 216 Å². The summed E-state index contributed by atoms with van der Waals surface area (Å²) in [6.07, 6.45) is 0. The zero-order valence-corrected chi connectivity index (χ0v) is 20.6. The quantitative estimate of drug-likeness (QED) is 0.157. The molecular weight excluding hydrogens is 492 g/mol. The highest BCUT2D eigenvalue weighted by Crippen LogP contribution is 2.29. The van der Waals surface area contributed by atoms with E-state index in [2.05, 4.69) is 15.6 Å². The molecule has 2 N–H and O–H groups in total. The van der Waals surface area contributed by atoms with E-state index in [0.717, 1.165) is 22.2 Å². The summed E-state index contributed by atoms with van der Waals surface area (Å²) in [6.45, 7) is 3.90. The van der Waals surface area contributed by atoms with Crippen LogP contribution in [0.1, 0.15) is 21.7 Å². The van der Waals surface area contributed by atoms with Gasteiger partial charge in [-0.1, -0.05) is 24.3 Å². The molecule has 0 radical (unpaired) electrons. The van der Waals surface area contributed by atoms with Crippen LogP contribution in [-0.2, 0) is 0 Å². The van der Waals surface area contributed by atoms with Crippen molar-refractivity contribution < 1.29 is 18.6 Å². The first-order chi connectivity index (χ1) is 17.8. The fraction of sp³-hybridized carbons (Fsp3) is 0.0741. The van der Waals surface area contributed by atoms with Crippen molar-refractivity contribution in [1.82, 2.24) is 10.3 Å². The molecule has 2 aromatic heterocycles. The Balaban J connectivity index is 1.29. The Hall–Kier alpha value is -4.83. The lowest BCUT2D eigenvalue weighted by atomic mass is 10.1. The number of nitro groups is 1. The number of nitro benzene ring substituents is 1. The topological polar surface area (TPSA) is 123 Å². The van der Waals surface area contributed by atoms with Gasteiger partial charge in [-0.15, -0.1) is 0 Å². The average Bonchev–Trinajstić information content (AvgIpc) is 3.53. The maximum absolute atomic E-state index is 12.7. The van der Waals surface area contributed by atoms with Gasteiger partial charge in [-0.2, -0.15) is 0 Å². The number of non-ortho nitro benzene ring substituents is 1. The Morgan fingerprint density at radius 2 is 1.81 bits per heavy atom. The van der Waals surface area contributed by atoms with E-state index in [0.29, 0.717) is 28.5 Å². The highest BCUT2D eigenvalue weighted by molar-refractivity contribution is 7.80. The summed E-state index contributed by atoms with van der Waals surface area (Å²) < 4.78 is 11.5. The standard InChI is InChI=1S/C27H20N4O5S/c1-15-6-9-23-21(12-15)28-26(36-23)18-8-7-16(2)20(14-18)29-27(37)30-25(32)24-11-10-22(35-24)17-4-3-5-19(13-17)31(33)34/h3-14H,1-2H3,(H2,29,30,32,37). The third-order valence-electron chi connectivity index (χ3n) is 5.67. The number of aryl methyl sites for hydroxylation is 2. The van der Waals surface area contributed by atoms with Crippen LogP contribution in [0.2, 0.25) is 0 Å². The Morgan fingerprint density at radius 3 is 2.62 bits per heavy atom. The monoisotopic (exact) mass is 512 g/mol. The highest BCUT2D eigenvalue weighted by Gasteiger charge is 2.16. The number of thiocarbonyl (C=S) groups is 1. The van der Waals surface area contributed by atoms with Crippen molar-refractivity contribution in [3.05, 3.63) is 99.8 Å². The van der Waals surface area contributed by atoms with E-state index in [1.807, 2.05) is 50.2 Å². The molecule has 1 amide bonds. The van der Waals surface area contributed by atoms with Crippen LogP contribution in [0.3, 0.4) is 0 Å². The number of carbonyl (C=O) groups is 1. The lowest BCUT2D eigenvalue weighted by Crippen LogP contribution is -2.34. The molecule has 0 saturated heterocycles. The molecule has 0 fully saturated rings. The van der Waals surface area contributed by atoms with Crippen molar-refractivity contribution in [3.63, 3.8) is 0 Å². The molecule has 0 aliphatic heterocycles. The number of benzene rings is 3. The first-order valence-corrected chi connectivity index (χ1v) is 11.6. The SMILES string of the molecule is Cc1ccc2oc(-c3ccc(C)c(NC(=S)NC(=O)c4ccc(-c5cccc([N+](=O)[O-])c5)o4)c3)nc2c1. The molecule has 0 saturated carbocycles. The van der Waals surface area contributed by atoms with Gasteiger partial charge in [0.05, 0.1) is 4.92 Å². The van der Waals surface area contributed by atoms with Crippen LogP contribution in [0.15, 0.2) is 81.6 Å². The molecule has 37 heavy (non-hydrogen) atoms. The zero-order chi connectivity index (χ0) is 26.1. The van der Waals surface area contributed by atoms with Crippen molar-refractivity contribution in [1.29, 1.82) is 0 Å². The number of carbonyl (C=O) groups excluding carboxylic acids is 1.